The van der Waals surface area contributed by atoms with Gasteiger partial charge in [-0.15, -0.1) is 13.2 Å². The van der Waals surface area contributed by atoms with Crippen LogP contribution in [-0.2, 0) is 0 Å². The quantitative estimate of drug-likeness (QED) is 0.677. The number of para-hydroxylation sites is 1. The van der Waals surface area contributed by atoms with Crippen molar-refractivity contribution in [3.05, 3.63) is 59.7 Å². The zero-order valence-corrected chi connectivity index (χ0v) is 11.2. The number of nitrogen functional groups attached to an aromatic ring is 1. The number of amides is 1. The molecule has 0 aromatic heterocycles. The van der Waals surface area contributed by atoms with Crippen molar-refractivity contribution in [3.8, 4) is 0 Å². The fourth-order valence-corrected chi connectivity index (χ4v) is 1.86. The van der Waals surface area contributed by atoms with E-state index in [4.69, 9.17) is 5.73 Å². The fraction of sp³-hybridized carbons (Fsp3) is 0.133. The first-order valence-electron chi connectivity index (χ1n) is 6.13. The number of anilines is 2. The Morgan fingerprint density at radius 2 is 1.71 bits per heavy atom. The summed E-state index contributed by atoms with van der Waals surface area (Å²) in [4.78, 5) is 12.0. The second-order valence-corrected chi connectivity index (χ2v) is 4.52. The predicted molar refractivity (Wildman–Crippen MR) is 74.9 cm³/mol. The molecular weight excluding hydrogens is 281 g/mol. The first-order chi connectivity index (χ1) is 9.80. The molecule has 0 saturated carbocycles. The van der Waals surface area contributed by atoms with E-state index in [1.165, 1.54) is 42.5 Å². The molecule has 0 heterocycles. The third kappa shape index (κ3) is 3.16. The van der Waals surface area contributed by atoms with Crippen LogP contribution in [0.4, 0.5) is 24.5 Å². The first-order valence-corrected chi connectivity index (χ1v) is 6.13. The van der Waals surface area contributed by atoms with Crippen molar-refractivity contribution < 1.29 is 18.0 Å². The number of carbonyl (C=O) groups is 1. The number of hydrogen-bond acceptors (Lipinski definition) is 2. The Hall–Kier alpha value is -2.50. The number of aryl methyl sites for hydroxylation is 1. The van der Waals surface area contributed by atoms with E-state index in [0.29, 0.717) is 5.56 Å². The summed E-state index contributed by atoms with van der Waals surface area (Å²) in [5, 5.41) is 0. The van der Waals surface area contributed by atoms with E-state index in [1.807, 2.05) is 0 Å². The van der Waals surface area contributed by atoms with Crippen LogP contribution in [0.5, 0.6) is 0 Å². The Balaban J connectivity index is 2.47. The van der Waals surface area contributed by atoms with Gasteiger partial charge in [-0.1, -0.05) is 24.3 Å². The van der Waals surface area contributed by atoms with Crippen molar-refractivity contribution in [2.75, 3.05) is 10.6 Å². The molecule has 0 fully saturated rings. The minimum atomic E-state index is -4.82. The summed E-state index contributed by atoms with van der Waals surface area (Å²) >= 11 is 0. The van der Waals surface area contributed by atoms with Gasteiger partial charge in [-0.05, 0) is 36.8 Å². The summed E-state index contributed by atoms with van der Waals surface area (Å²) < 4.78 is 39.6. The van der Waals surface area contributed by atoms with Gasteiger partial charge in [0.05, 0.1) is 5.69 Å². The number of benzene rings is 2. The lowest BCUT2D eigenvalue weighted by atomic mass is 10.1. The van der Waals surface area contributed by atoms with Crippen molar-refractivity contribution >= 4 is 17.3 Å². The number of alkyl halides is 3. The second-order valence-electron chi connectivity index (χ2n) is 4.52. The van der Waals surface area contributed by atoms with Crippen LogP contribution in [0.3, 0.4) is 0 Å². The van der Waals surface area contributed by atoms with Gasteiger partial charge in [0, 0.05) is 11.3 Å². The molecule has 6 heteroatoms. The average Bonchev–Trinajstić information content (AvgIpc) is 2.41. The van der Waals surface area contributed by atoms with Crippen LogP contribution in [0, 0.1) is 6.92 Å². The van der Waals surface area contributed by atoms with Gasteiger partial charge in [0.25, 0.3) is 5.91 Å². The third-order valence-electron chi connectivity index (χ3n) is 3.00. The number of halogens is 3. The zero-order valence-electron chi connectivity index (χ0n) is 11.2. The smallest absolute Gasteiger partial charge is 0.398 e. The lowest BCUT2D eigenvalue weighted by molar-refractivity contribution is -0.122. The molecule has 0 aliphatic carbocycles. The Morgan fingerprint density at radius 1 is 1.10 bits per heavy atom. The molecule has 0 atom stereocenters. The van der Waals surface area contributed by atoms with Gasteiger partial charge < -0.3 is 5.73 Å². The maximum atomic E-state index is 13.2. The molecule has 3 nitrogen and oxygen atoms in total. The normalized spacial score (nSPS) is 11.2. The molecule has 2 rings (SSSR count). The van der Waals surface area contributed by atoms with Crippen LogP contribution in [0.2, 0.25) is 0 Å². The summed E-state index contributed by atoms with van der Waals surface area (Å²) in [5.74, 6) is -1.17. The average molecular weight is 294 g/mol. The molecule has 21 heavy (non-hydrogen) atoms. The minimum Gasteiger partial charge on any atom is -0.398 e. The zero-order chi connectivity index (χ0) is 15.6. The molecule has 0 unspecified atom stereocenters. The highest BCUT2D eigenvalue weighted by atomic mass is 19.4. The monoisotopic (exact) mass is 294 g/mol. The van der Waals surface area contributed by atoms with Gasteiger partial charge in [-0.2, -0.15) is 0 Å². The topological polar surface area (TPSA) is 46.3 Å². The largest absolute Gasteiger partial charge is 0.491 e. The first kappa shape index (κ1) is 14.9. The van der Waals surface area contributed by atoms with E-state index >= 15 is 0 Å². The van der Waals surface area contributed by atoms with E-state index in [2.05, 4.69) is 0 Å². The maximum absolute atomic E-state index is 13.2. The van der Waals surface area contributed by atoms with Crippen molar-refractivity contribution in [1.29, 1.82) is 0 Å². The number of rotatable bonds is 2. The maximum Gasteiger partial charge on any atom is 0.491 e. The van der Waals surface area contributed by atoms with Crippen molar-refractivity contribution in [2.24, 2.45) is 0 Å². The van der Waals surface area contributed by atoms with Crippen molar-refractivity contribution in [1.82, 2.24) is 0 Å². The van der Waals surface area contributed by atoms with E-state index in [1.54, 1.807) is 13.0 Å². The van der Waals surface area contributed by atoms with Gasteiger partial charge in [0.2, 0.25) is 0 Å². The third-order valence-corrected chi connectivity index (χ3v) is 3.00. The summed E-state index contributed by atoms with van der Waals surface area (Å²) in [7, 11) is 0. The SMILES string of the molecule is Cc1ccc(C(=O)N(c2ccccc2)C(F)(F)F)cc1N. The van der Waals surface area contributed by atoms with Crippen LogP contribution >= 0.6 is 0 Å². The van der Waals surface area contributed by atoms with Gasteiger partial charge in [-0.3, -0.25) is 4.79 Å². The highest BCUT2D eigenvalue weighted by Gasteiger charge is 2.42. The molecule has 2 aromatic carbocycles. The number of carbonyl (C=O) groups excluding carboxylic acids is 1. The molecular formula is C15H13F3N2O. The van der Waals surface area contributed by atoms with E-state index in [0.717, 1.165) is 0 Å². The Labute approximate surface area is 119 Å². The molecule has 110 valence electrons. The molecule has 0 saturated heterocycles. The fourth-order valence-electron chi connectivity index (χ4n) is 1.86. The molecule has 1 amide bonds. The summed E-state index contributed by atoms with van der Waals surface area (Å²) in [5.41, 5.74) is 6.27. The van der Waals surface area contributed by atoms with Crippen LogP contribution in [0.15, 0.2) is 48.5 Å². The van der Waals surface area contributed by atoms with Gasteiger partial charge in [0.15, 0.2) is 0 Å². The van der Waals surface area contributed by atoms with Gasteiger partial charge in [0.1, 0.15) is 0 Å². The Kier molecular flexibility index (Phi) is 3.88. The molecule has 0 aliphatic heterocycles. The van der Waals surface area contributed by atoms with Crippen molar-refractivity contribution in [3.63, 3.8) is 0 Å². The standard InChI is InChI=1S/C15H13F3N2O/c1-10-7-8-11(9-13(10)19)14(21)20(15(16,17)18)12-5-3-2-4-6-12/h2-9H,19H2,1H3. The number of nitrogens with two attached hydrogens (primary N) is 1. The van der Waals surface area contributed by atoms with Crippen LogP contribution in [-0.4, -0.2) is 12.2 Å². The van der Waals surface area contributed by atoms with E-state index in [-0.39, 0.29) is 21.8 Å². The minimum absolute atomic E-state index is 0.112. The number of nitrogens with zero attached hydrogens (tertiary/aromatic N) is 1. The van der Waals surface area contributed by atoms with Crippen LogP contribution in [0.1, 0.15) is 15.9 Å². The lowest BCUT2D eigenvalue weighted by Gasteiger charge is -2.25. The summed E-state index contributed by atoms with van der Waals surface area (Å²) in [6, 6.07) is 11.0. The highest BCUT2D eigenvalue weighted by Crippen LogP contribution is 2.30. The molecule has 0 radical (unpaired) electrons. The molecule has 0 bridgehead atoms. The van der Waals surface area contributed by atoms with Crippen LogP contribution in [0.25, 0.3) is 0 Å². The van der Waals surface area contributed by atoms with Gasteiger partial charge >= 0.3 is 6.30 Å². The van der Waals surface area contributed by atoms with E-state index in [9.17, 15) is 18.0 Å². The molecule has 0 aliphatic rings. The molecule has 2 aromatic rings. The summed E-state index contributed by atoms with van der Waals surface area (Å²) in [6.07, 6.45) is -4.82. The van der Waals surface area contributed by atoms with Gasteiger partial charge in [-0.25, -0.2) is 4.90 Å². The van der Waals surface area contributed by atoms with Crippen LogP contribution < -0.4 is 10.6 Å². The van der Waals surface area contributed by atoms with E-state index < -0.39 is 12.2 Å². The Bertz CT molecular complexity index is 654. The number of hydrogen-bond donors (Lipinski definition) is 1. The highest BCUT2D eigenvalue weighted by molar-refractivity contribution is 6.07. The second kappa shape index (κ2) is 5.47. The molecule has 2 N–H and O–H groups in total. The van der Waals surface area contributed by atoms with Crippen molar-refractivity contribution in [2.45, 2.75) is 13.2 Å². The molecule has 0 spiro atoms. The Morgan fingerprint density at radius 3 is 2.24 bits per heavy atom. The predicted octanol–water partition coefficient (Wildman–Crippen LogP) is 3.74. The lowest BCUT2D eigenvalue weighted by Crippen LogP contribution is -2.43. The summed E-state index contributed by atoms with van der Waals surface area (Å²) in [6.45, 7) is 1.71.